The number of hydrogen-bond acceptors (Lipinski definition) is 5. The normalized spacial score (nSPS) is 11.0. The van der Waals surface area contributed by atoms with Crippen molar-refractivity contribution >= 4 is 17.2 Å². The largest absolute Gasteiger partial charge is 0.359 e. The molecule has 5 nitrogen and oxygen atoms in total. The molecule has 0 aliphatic carbocycles. The molecule has 3 rings (SSSR count). The van der Waals surface area contributed by atoms with Crippen molar-refractivity contribution in [3.63, 3.8) is 0 Å². The fourth-order valence-corrected chi connectivity index (χ4v) is 3.13. The van der Waals surface area contributed by atoms with Crippen LogP contribution in [0.25, 0.3) is 11.3 Å². The summed E-state index contributed by atoms with van der Waals surface area (Å²) in [6.07, 6.45) is 0.870. The summed E-state index contributed by atoms with van der Waals surface area (Å²) in [5, 5.41) is 9.93. The van der Waals surface area contributed by atoms with E-state index in [1.165, 1.54) is 0 Å². The van der Waals surface area contributed by atoms with Crippen LogP contribution in [-0.4, -0.2) is 16.0 Å². The molecule has 2 heterocycles. The van der Waals surface area contributed by atoms with Gasteiger partial charge in [-0.1, -0.05) is 31.1 Å². The summed E-state index contributed by atoms with van der Waals surface area (Å²) in [7, 11) is 0. The second-order valence-corrected chi connectivity index (χ2v) is 7.46. The van der Waals surface area contributed by atoms with Crippen LogP contribution < -0.4 is 5.32 Å². The zero-order valence-electron chi connectivity index (χ0n) is 14.6. The molecule has 0 saturated heterocycles. The molecule has 0 bridgehead atoms. The van der Waals surface area contributed by atoms with Crippen molar-refractivity contribution in [2.24, 2.45) is 5.92 Å². The number of carbonyl (C=O) groups excluding carboxylic acids is 1. The van der Waals surface area contributed by atoms with Crippen molar-refractivity contribution in [3.8, 4) is 11.3 Å². The summed E-state index contributed by atoms with van der Waals surface area (Å²) in [6, 6.07) is 9.35. The Morgan fingerprint density at radius 2 is 2.04 bits per heavy atom. The van der Waals surface area contributed by atoms with Gasteiger partial charge in [0.15, 0.2) is 5.76 Å². The van der Waals surface area contributed by atoms with Crippen LogP contribution in [0.3, 0.4) is 0 Å². The van der Waals surface area contributed by atoms with Crippen LogP contribution in [0.5, 0.6) is 0 Å². The minimum absolute atomic E-state index is 0.136. The lowest BCUT2D eigenvalue weighted by Crippen LogP contribution is -2.22. The summed E-state index contributed by atoms with van der Waals surface area (Å²) < 4.78 is 5.26. The molecule has 130 valence electrons. The van der Waals surface area contributed by atoms with E-state index in [-0.39, 0.29) is 5.91 Å². The van der Waals surface area contributed by atoms with E-state index in [1.54, 1.807) is 11.3 Å². The Morgan fingerprint density at radius 3 is 2.68 bits per heavy atom. The number of nitrogens with one attached hydrogen (secondary N) is 1. The van der Waals surface area contributed by atoms with Crippen molar-refractivity contribution in [2.45, 2.75) is 33.7 Å². The number of nitrogens with zero attached hydrogens (tertiary/aromatic N) is 2. The molecule has 0 radical (unpaired) electrons. The number of aromatic nitrogens is 2. The van der Waals surface area contributed by atoms with Gasteiger partial charge in [-0.15, -0.1) is 11.3 Å². The van der Waals surface area contributed by atoms with Crippen LogP contribution in [0.2, 0.25) is 0 Å². The van der Waals surface area contributed by atoms with Gasteiger partial charge in [0.1, 0.15) is 0 Å². The molecule has 3 aromatic rings. The maximum atomic E-state index is 12.3. The number of amides is 1. The second-order valence-electron chi connectivity index (χ2n) is 6.39. The maximum absolute atomic E-state index is 12.3. The van der Waals surface area contributed by atoms with Crippen LogP contribution in [0.15, 0.2) is 40.2 Å². The van der Waals surface area contributed by atoms with Crippen LogP contribution in [-0.2, 0) is 13.0 Å². The third-order valence-corrected chi connectivity index (χ3v) is 4.48. The predicted molar refractivity (Wildman–Crippen MR) is 98.5 cm³/mol. The summed E-state index contributed by atoms with van der Waals surface area (Å²) in [5.74, 6) is 1.05. The Balaban J connectivity index is 1.58. The van der Waals surface area contributed by atoms with Gasteiger partial charge in [-0.3, -0.25) is 4.79 Å². The van der Waals surface area contributed by atoms with Crippen LogP contribution >= 0.6 is 11.3 Å². The first-order valence-electron chi connectivity index (χ1n) is 8.26. The van der Waals surface area contributed by atoms with E-state index in [0.29, 0.717) is 23.8 Å². The number of benzene rings is 1. The lowest BCUT2D eigenvalue weighted by molar-refractivity contribution is 0.0947. The van der Waals surface area contributed by atoms with Gasteiger partial charge >= 0.3 is 0 Å². The van der Waals surface area contributed by atoms with Gasteiger partial charge in [-0.2, -0.15) is 0 Å². The highest BCUT2D eigenvalue weighted by atomic mass is 32.1. The average molecular weight is 355 g/mol. The third kappa shape index (κ3) is 4.54. The van der Waals surface area contributed by atoms with Gasteiger partial charge in [0, 0.05) is 22.6 Å². The van der Waals surface area contributed by atoms with E-state index in [4.69, 9.17) is 4.52 Å². The smallest absolute Gasteiger partial charge is 0.251 e. The topological polar surface area (TPSA) is 68.0 Å². The van der Waals surface area contributed by atoms with Crippen molar-refractivity contribution in [2.75, 3.05) is 0 Å². The van der Waals surface area contributed by atoms with E-state index in [2.05, 4.69) is 29.3 Å². The minimum atomic E-state index is -0.136. The lowest BCUT2D eigenvalue weighted by atomic mass is 10.1. The zero-order valence-corrected chi connectivity index (χ0v) is 15.4. The van der Waals surface area contributed by atoms with Gasteiger partial charge in [-0.05, 0) is 31.4 Å². The molecule has 0 fully saturated rings. The molecule has 25 heavy (non-hydrogen) atoms. The Hall–Kier alpha value is -2.47. The molecule has 1 aromatic carbocycles. The molecule has 0 aliphatic rings. The summed E-state index contributed by atoms with van der Waals surface area (Å²) in [5.41, 5.74) is 3.48. The van der Waals surface area contributed by atoms with Crippen molar-refractivity contribution in [3.05, 3.63) is 57.7 Å². The highest BCUT2D eigenvalue weighted by molar-refractivity contribution is 7.09. The fourth-order valence-electron chi connectivity index (χ4n) is 2.51. The van der Waals surface area contributed by atoms with Gasteiger partial charge in [0.25, 0.3) is 5.91 Å². The number of rotatable bonds is 6. The molecule has 1 amide bonds. The van der Waals surface area contributed by atoms with E-state index >= 15 is 0 Å². The van der Waals surface area contributed by atoms with Gasteiger partial charge in [0.2, 0.25) is 0 Å². The van der Waals surface area contributed by atoms with Gasteiger partial charge in [-0.25, -0.2) is 4.98 Å². The first-order valence-corrected chi connectivity index (χ1v) is 9.14. The Labute approximate surface area is 151 Å². The van der Waals surface area contributed by atoms with Crippen LogP contribution in [0.4, 0.5) is 0 Å². The monoisotopic (exact) mass is 355 g/mol. The van der Waals surface area contributed by atoms with E-state index < -0.39 is 0 Å². The number of carbonyl (C=O) groups is 1. The summed E-state index contributed by atoms with van der Waals surface area (Å²) >= 11 is 1.61. The van der Waals surface area contributed by atoms with E-state index in [1.807, 2.05) is 42.6 Å². The number of aryl methyl sites for hydroxylation is 1. The molecule has 1 N–H and O–H groups in total. The van der Waals surface area contributed by atoms with Crippen molar-refractivity contribution in [1.82, 2.24) is 15.5 Å². The van der Waals surface area contributed by atoms with E-state index in [9.17, 15) is 4.79 Å². The van der Waals surface area contributed by atoms with Crippen molar-refractivity contribution < 1.29 is 9.32 Å². The minimum Gasteiger partial charge on any atom is -0.359 e. The van der Waals surface area contributed by atoms with Crippen LogP contribution in [0.1, 0.15) is 40.7 Å². The highest BCUT2D eigenvalue weighted by Gasteiger charge is 2.10. The SMILES string of the molecule is Cc1nc(-c2ccc(C(=O)NCc3cc(CC(C)C)no3)cc2)cs1. The molecule has 0 atom stereocenters. The average Bonchev–Trinajstić information content (AvgIpc) is 3.21. The lowest BCUT2D eigenvalue weighted by Gasteiger charge is -2.04. The molecule has 0 unspecified atom stereocenters. The standard InChI is InChI=1S/C19H21N3O2S/c1-12(2)8-16-9-17(24-22-16)10-20-19(23)15-6-4-14(5-7-15)18-11-25-13(3)21-18/h4-7,9,11-12H,8,10H2,1-3H3,(H,20,23). The summed E-state index contributed by atoms with van der Waals surface area (Å²) in [4.78, 5) is 16.7. The molecular weight excluding hydrogens is 334 g/mol. The quantitative estimate of drug-likeness (QED) is 0.718. The predicted octanol–water partition coefficient (Wildman–Crippen LogP) is 4.24. The van der Waals surface area contributed by atoms with Crippen molar-refractivity contribution in [1.29, 1.82) is 0 Å². The Kier molecular flexibility index (Phi) is 5.28. The Morgan fingerprint density at radius 1 is 1.28 bits per heavy atom. The highest BCUT2D eigenvalue weighted by Crippen LogP contribution is 2.21. The second kappa shape index (κ2) is 7.61. The third-order valence-electron chi connectivity index (χ3n) is 3.71. The number of hydrogen-bond donors (Lipinski definition) is 1. The first-order chi connectivity index (χ1) is 12.0. The van der Waals surface area contributed by atoms with Gasteiger partial charge < -0.3 is 9.84 Å². The molecule has 0 saturated carbocycles. The first kappa shape index (κ1) is 17.4. The zero-order chi connectivity index (χ0) is 17.8. The van der Waals surface area contributed by atoms with Gasteiger partial charge in [0.05, 0.1) is 22.9 Å². The molecular formula is C19H21N3O2S. The fraction of sp³-hybridized carbons (Fsp3) is 0.316. The number of thiazole rings is 1. The maximum Gasteiger partial charge on any atom is 0.251 e. The molecule has 0 aliphatic heterocycles. The summed E-state index contributed by atoms with van der Waals surface area (Å²) in [6.45, 7) is 6.57. The molecule has 2 aromatic heterocycles. The van der Waals surface area contributed by atoms with E-state index in [0.717, 1.165) is 28.4 Å². The Bertz CT molecular complexity index is 850. The molecule has 6 heteroatoms. The van der Waals surface area contributed by atoms with Crippen LogP contribution in [0, 0.1) is 12.8 Å². The molecule has 0 spiro atoms.